The van der Waals surface area contributed by atoms with Crippen LogP contribution in [0.15, 0.2) is 36.5 Å². The molecule has 0 radical (unpaired) electrons. The van der Waals surface area contributed by atoms with E-state index in [1.54, 1.807) is 12.3 Å². The fourth-order valence-electron chi connectivity index (χ4n) is 1.34. The van der Waals surface area contributed by atoms with Crippen LogP contribution in [-0.4, -0.2) is 4.98 Å². The first-order valence-corrected chi connectivity index (χ1v) is 5.90. The third-order valence-electron chi connectivity index (χ3n) is 2.31. The van der Waals surface area contributed by atoms with Crippen molar-refractivity contribution in [1.82, 2.24) is 4.98 Å². The average molecular weight is 268 g/mol. The molecule has 0 atom stereocenters. The van der Waals surface area contributed by atoms with Gasteiger partial charge in [-0.25, -0.2) is 4.98 Å². The van der Waals surface area contributed by atoms with Crippen molar-refractivity contribution in [2.45, 2.75) is 13.5 Å². The molecule has 0 bridgehead atoms. The second kappa shape index (κ2) is 5.39. The molecule has 4 heteroatoms. The van der Waals surface area contributed by atoms with E-state index < -0.39 is 0 Å². The maximum atomic E-state index is 6.02. The van der Waals surface area contributed by atoms with Crippen LogP contribution in [0.3, 0.4) is 0 Å². The lowest BCUT2D eigenvalue weighted by Gasteiger charge is -2.07. The number of nitrogens with zero attached hydrogens (tertiary/aromatic N) is 1. The lowest BCUT2D eigenvalue weighted by atomic mass is 10.2. The van der Waals surface area contributed by atoms with Crippen LogP contribution >= 0.6 is 23.2 Å². The molecule has 1 aromatic heterocycles. The molecule has 0 saturated carbocycles. The predicted molar refractivity (Wildman–Crippen MR) is 69.8 cm³/mol. The minimum atomic E-state index is 0.381. The summed E-state index contributed by atoms with van der Waals surface area (Å²) in [6, 6.07) is 9.45. The fraction of sp³-hybridized carbons (Fsp3) is 0.154. The summed E-state index contributed by atoms with van der Waals surface area (Å²) in [6.07, 6.45) is 1.62. The Labute approximate surface area is 110 Å². The summed E-state index contributed by atoms with van der Waals surface area (Å²) in [4.78, 5) is 3.97. The Morgan fingerprint density at radius 2 is 1.88 bits per heavy atom. The lowest BCUT2D eigenvalue weighted by molar-refractivity contribution is 0.306. The molecule has 0 unspecified atom stereocenters. The van der Waals surface area contributed by atoms with Crippen LogP contribution in [0.2, 0.25) is 10.2 Å². The summed E-state index contributed by atoms with van der Waals surface area (Å²) in [5.74, 6) is 0.807. The number of benzene rings is 1. The Kier molecular flexibility index (Phi) is 3.87. The third-order valence-corrected chi connectivity index (χ3v) is 2.87. The molecule has 0 aliphatic carbocycles. The number of halogens is 2. The van der Waals surface area contributed by atoms with Crippen LogP contribution < -0.4 is 4.74 Å². The van der Waals surface area contributed by atoms with Crippen molar-refractivity contribution >= 4 is 23.2 Å². The first-order valence-electron chi connectivity index (χ1n) is 5.14. The van der Waals surface area contributed by atoms with Gasteiger partial charge in [0.15, 0.2) is 0 Å². The smallest absolute Gasteiger partial charge is 0.130 e. The van der Waals surface area contributed by atoms with Crippen molar-refractivity contribution in [1.29, 1.82) is 0 Å². The zero-order chi connectivity index (χ0) is 12.3. The second-order valence-corrected chi connectivity index (χ2v) is 4.49. The van der Waals surface area contributed by atoms with Crippen LogP contribution in [0.4, 0.5) is 0 Å². The van der Waals surface area contributed by atoms with Gasteiger partial charge >= 0.3 is 0 Å². The molecule has 0 aliphatic heterocycles. The quantitative estimate of drug-likeness (QED) is 0.775. The highest BCUT2D eigenvalue weighted by molar-refractivity contribution is 6.34. The fourth-order valence-corrected chi connectivity index (χ4v) is 1.76. The number of aromatic nitrogens is 1. The van der Waals surface area contributed by atoms with E-state index in [9.17, 15) is 0 Å². The van der Waals surface area contributed by atoms with E-state index in [4.69, 9.17) is 27.9 Å². The van der Waals surface area contributed by atoms with Gasteiger partial charge in [-0.15, -0.1) is 0 Å². The van der Waals surface area contributed by atoms with Gasteiger partial charge < -0.3 is 4.74 Å². The molecule has 0 N–H and O–H groups in total. The van der Waals surface area contributed by atoms with E-state index in [-0.39, 0.29) is 0 Å². The molecule has 0 saturated heterocycles. The van der Waals surface area contributed by atoms with Crippen molar-refractivity contribution in [3.05, 3.63) is 57.8 Å². The van der Waals surface area contributed by atoms with Crippen LogP contribution in [0, 0.1) is 6.92 Å². The maximum Gasteiger partial charge on any atom is 0.130 e. The number of hydrogen-bond donors (Lipinski definition) is 0. The van der Waals surface area contributed by atoms with Crippen LogP contribution in [0.1, 0.15) is 11.1 Å². The first kappa shape index (κ1) is 12.2. The summed E-state index contributed by atoms with van der Waals surface area (Å²) in [7, 11) is 0. The molecule has 0 fully saturated rings. The Hall–Kier alpha value is -1.25. The molecule has 2 aromatic rings. The predicted octanol–water partition coefficient (Wildman–Crippen LogP) is 4.28. The highest BCUT2D eigenvalue weighted by Gasteiger charge is 2.03. The Balaban J connectivity index is 2.04. The minimum absolute atomic E-state index is 0.381. The van der Waals surface area contributed by atoms with Gasteiger partial charge in [0, 0.05) is 11.8 Å². The molecule has 0 amide bonds. The molecule has 1 heterocycles. The van der Waals surface area contributed by atoms with Crippen molar-refractivity contribution in [2.24, 2.45) is 0 Å². The summed E-state index contributed by atoms with van der Waals surface area (Å²) in [5.41, 5.74) is 2.01. The monoisotopic (exact) mass is 267 g/mol. The van der Waals surface area contributed by atoms with Crippen LogP contribution in [0.5, 0.6) is 5.75 Å². The summed E-state index contributed by atoms with van der Waals surface area (Å²) < 4.78 is 5.60. The molecule has 88 valence electrons. The van der Waals surface area contributed by atoms with Gasteiger partial charge in [-0.3, -0.25) is 0 Å². The number of pyridine rings is 1. The van der Waals surface area contributed by atoms with E-state index in [0.717, 1.165) is 11.3 Å². The van der Waals surface area contributed by atoms with Crippen LogP contribution in [-0.2, 0) is 6.61 Å². The molecule has 1 aromatic carbocycles. The lowest BCUT2D eigenvalue weighted by Crippen LogP contribution is -1.97. The Bertz CT molecular complexity index is 511. The van der Waals surface area contributed by atoms with E-state index in [0.29, 0.717) is 16.8 Å². The minimum Gasteiger partial charge on any atom is -0.489 e. The number of ether oxygens (including phenoxy) is 1. The normalized spacial score (nSPS) is 10.3. The number of aryl methyl sites for hydroxylation is 1. The zero-order valence-corrected chi connectivity index (χ0v) is 10.8. The maximum absolute atomic E-state index is 6.02. The average Bonchev–Trinajstić information content (AvgIpc) is 2.30. The van der Waals surface area contributed by atoms with E-state index >= 15 is 0 Å². The summed E-state index contributed by atoms with van der Waals surface area (Å²) in [5, 5.41) is 0.950. The van der Waals surface area contributed by atoms with Crippen molar-refractivity contribution < 1.29 is 4.74 Å². The second-order valence-electron chi connectivity index (χ2n) is 3.70. The molecular formula is C13H11Cl2NO. The highest BCUT2D eigenvalue weighted by Crippen LogP contribution is 2.20. The van der Waals surface area contributed by atoms with Crippen LogP contribution in [0.25, 0.3) is 0 Å². The molecule has 2 nitrogen and oxygen atoms in total. The van der Waals surface area contributed by atoms with E-state index in [2.05, 4.69) is 4.98 Å². The Morgan fingerprint density at radius 3 is 2.53 bits per heavy atom. The zero-order valence-electron chi connectivity index (χ0n) is 9.28. The molecule has 0 spiro atoms. The SMILES string of the molecule is Cc1ccc(OCc2cnc(Cl)cc2Cl)cc1. The third kappa shape index (κ3) is 3.35. The Morgan fingerprint density at radius 1 is 1.18 bits per heavy atom. The van der Waals surface area contributed by atoms with Gasteiger partial charge in [0.05, 0.1) is 5.02 Å². The van der Waals surface area contributed by atoms with Crippen molar-refractivity contribution in [3.63, 3.8) is 0 Å². The molecular weight excluding hydrogens is 257 g/mol. The van der Waals surface area contributed by atoms with E-state index in [1.807, 2.05) is 31.2 Å². The van der Waals surface area contributed by atoms with Gasteiger partial charge in [-0.05, 0) is 25.1 Å². The number of rotatable bonds is 3. The topological polar surface area (TPSA) is 22.1 Å². The summed E-state index contributed by atoms with van der Waals surface area (Å²) in [6.45, 7) is 2.41. The standard InChI is InChI=1S/C13H11Cl2NO/c1-9-2-4-11(5-3-9)17-8-10-7-16-13(15)6-12(10)14/h2-7H,8H2,1H3. The first-order chi connectivity index (χ1) is 8.15. The molecule has 17 heavy (non-hydrogen) atoms. The van der Waals surface area contributed by atoms with Crippen molar-refractivity contribution in [3.8, 4) is 5.75 Å². The largest absolute Gasteiger partial charge is 0.489 e. The molecule has 0 aliphatic rings. The molecule has 2 rings (SSSR count). The van der Waals surface area contributed by atoms with Gasteiger partial charge in [0.25, 0.3) is 0 Å². The van der Waals surface area contributed by atoms with Gasteiger partial charge in [-0.2, -0.15) is 0 Å². The van der Waals surface area contributed by atoms with Gasteiger partial charge in [0.2, 0.25) is 0 Å². The number of hydrogen-bond acceptors (Lipinski definition) is 2. The van der Waals surface area contributed by atoms with Gasteiger partial charge in [0.1, 0.15) is 17.5 Å². The van der Waals surface area contributed by atoms with Crippen molar-refractivity contribution in [2.75, 3.05) is 0 Å². The van der Waals surface area contributed by atoms with E-state index in [1.165, 1.54) is 5.56 Å². The van der Waals surface area contributed by atoms with Gasteiger partial charge in [-0.1, -0.05) is 40.9 Å². The highest BCUT2D eigenvalue weighted by atomic mass is 35.5. The summed E-state index contributed by atoms with van der Waals surface area (Å²) >= 11 is 11.7.